The van der Waals surface area contributed by atoms with E-state index in [1.165, 1.54) is 4.90 Å². The van der Waals surface area contributed by atoms with Crippen molar-refractivity contribution < 1.29 is 80.8 Å². The van der Waals surface area contributed by atoms with Crippen LogP contribution in [0, 0.1) is 46.3 Å². The Balaban J connectivity index is 1.37. The number of carbonyl (C=O) groups is 3. The third-order valence-corrected chi connectivity index (χ3v) is 15.5. The molecule has 0 aromatic heterocycles. The van der Waals surface area contributed by atoms with Gasteiger partial charge in [-0.3, -0.25) is 14.4 Å². The summed E-state index contributed by atoms with van der Waals surface area (Å²) in [6.45, 7) is 4.76. The fourth-order valence-electron chi connectivity index (χ4n) is 11.7. The van der Waals surface area contributed by atoms with Gasteiger partial charge in [0.2, 0.25) is 5.91 Å². The molecule has 0 aromatic carbocycles. The van der Waals surface area contributed by atoms with Gasteiger partial charge in [0, 0.05) is 32.6 Å². The summed E-state index contributed by atoms with van der Waals surface area (Å²) in [5.41, 5.74) is -0.524. The maximum Gasteiger partial charge on any atom is 0.251 e. The minimum absolute atomic E-state index is 0.0275. The molecule has 0 bridgehead atoms. The third-order valence-electron chi connectivity index (χ3n) is 15.5. The van der Waals surface area contributed by atoms with E-state index in [2.05, 4.69) is 31.4 Å². The number of aliphatic hydroxyl groups is 13. The summed E-state index contributed by atoms with van der Waals surface area (Å²) in [4.78, 5) is 40.3. The zero-order valence-corrected chi connectivity index (χ0v) is 35.8. The van der Waals surface area contributed by atoms with Crippen molar-refractivity contribution in [1.82, 2.24) is 15.5 Å². The molecule has 0 spiro atoms. The zero-order chi connectivity index (χ0) is 45.6. The topological polar surface area (TPSA) is 342 Å². The van der Waals surface area contributed by atoms with Crippen LogP contribution in [0.2, 0.25) is 0 Å². The van der Waals surface area contributed by atoms with E-state index in [4.69, 9.17) is 10.2 Å². The predicted molar refractivity (Wildman–Crippen MR) is 216 cm³/mol. The Hall–Kier alpha value is -2.11. The third kappa shape index (κ3) is 11.4. The van der Waals surface area contributed by atoms with Crippen LogP contribution in [0.25, 0.3) is 0 Å². The van der Waals surface area contributed by atoms with E-state index in [0.717, 1.165) is 25.7 Å². The molecule has 19 nitrogen and oxygen atoms in total. The zero-order valence-electron chi connectivity index (χ0n) is 35.8. The maximum absolute atomic E-state index is 13.9. The van der Waals surface area contributed by atoms with E-state index in [-0.39, 0.29) is 98.4 Å². The number of rotatable bonds is 22. The first kappa shape index (κ1) is 51.5. The Morgan fingerprint density at radius 2 is 1.23 bits per heavy atom. The minimum atomic E-state index is -2.13. The summed E-state index contributed by atoms with van der Waals surface area (Å²) >= 11 is 0. The Bertz CT molecular complexity index is 1380. The van der Waals surface area contributed by atoms with E-state index in [9.17, 15) is 70.6 Å². The highest BCUT2D eigenvalue weighted by Gasteiger charge is 2.65. The van der Waals surface area contributed by atoms with Crippen LogP contribution in [-0.4, -0.2) is 196 Å². The van der Waals surface area contributed by atoms with Gasteiger partial charge in [-0.25, -0.2) is 0 Å². The number of hydrogen-bond acceptors (Lipinski definition) is 16. The van der Waals surface area contributed by atoms with Crippen molar-refractivity contribution >= 4 is 17.7 Å². The lowest BCUT2D eigenvalue weighted by molar-refractivity contribution is -0.207. The van der Waals surface area contributed by atoms with Gasteiger partial charge in [-0.1, -0.05) is 20.8 Å². The molecule has 0 saturated heterocycles. The lowest BCUT2D eigenvalue weighted by atomic mass is 9.43. The smallest absolute Gasteiger partial charge is 0.251 e. The first-order valence-electron chi connectivity index (χ1n) is 22.2. The number of carbonyl (C=O) groups excluding carboxylic acids is 3. The second kappa shape index (κ2) is 22.2. The fourth-order valence-corrected chi connectivity index (χ4v) is 11.7. The number of nitrogens with one attached hydrogen (secondary N) is 2. The van der Waals surface area contributed by atoms with Crippen molar-refractivity contribution in [3.63, 3.8) is 0 Å². The van der Waals surface area contributed by atoms with Gasteiger partial charge in [-0.2, -0.15) is 0 Å². The van der Waals surface area contributed by atoms with Gasteiger partial charge < -0.3 is 81.9 Å². The second-order valence-corrected chi connectivity index (χ2v) is 19.1. The SMILES string of the molecule is C[C@H](CCC(=O)N(CCCNC(=O)[C@H](O)[C@@H](O)[C@H](O)[C@H](O)CO)CCCNC(=O)[C@H](O)[C@@H](O)[C@H](O)[C@H](O)CO)[C@H]1CC[C@@H]2[C@@H]3[C@H](O)C[C@@H]4C[C@H](O)CC[C@]4(C)[C@@H]3C[C@H](O)[C@@]21C. The van der Waals surface area contributed by atoms with Crippen LogP contribution in [0.4, 0.5) is 0 Å². The molecule has 0 aliphatic heterocycles. The lowest BCUT2D eigenvalue weighted by Crippen LogP contribution is -2.62. The van der Waals surface area contributed by atoms with Crippen molar-refractivity contribution in [2.24, 2.45) is 46.3 Å². The van der Waals surface area contributed by atoms with Crippen molar-refractivity contribution in [2.75, 3.05) is 39.4 Å². The molecule has 0 heterocycles. The number of hydrogen-bond donors (Lipinski definition) is 15. The molecule has 4 aliphatic rings. The lowest BCUT2D eigenvalue weighted by Gasteiger charge is -2.63. The highest BCUT2D eigenvalue weighted by atomic mass is 16.4. The van der Waals surface area contributed by atoms with E-state index < -0.39 is 91.5 Å². The van der Waals surface area contributed by atoms with E-state index in [1.54, 1.807) is 0 Å². The second-order valence-electron chi connectivity index (χ2n) is 19.1. The Kier molecular flexibility index (Phi) is 18.7. The van der Waals surface area contributed by atoms with Gasteiger partial charge in [-0.15, -0.1) is 0 Å². The summed E-state index contributed by atoms with van der Waals surface area (Å²) in [6.07, 6.45) is -11.3. The van der Waals surface area contributed by atoms with Crippen molar-refractivity contribution in [3.8, 4) is 0 Å². The van der Waals surface area contributed by atoms with Crippen LogP contribution >= 0.6 is 0 Å². The van der Waals surface area contributed by atoms with E-state index in [1.807, 2.05) is 0 Å². The van der Waals surface area contributed by atoms with Gasteiger partial charge in [0.25, 0.3) is 11.8 Å². The molecule has 0 aromatic rings. The average Bonchev–Trinajstić information content (AvgIpc) is 3.61. The van der Waals surface area contributed by atoms with Crippen LogP contribution in [0.3, 0.4) is 0 Å². The molecule has 4 fully saturated rings. The molecule has 15 N–H and O–H groups in total. The largest absolute Gasteiger partial charge is 0.394 e. The van der Waals surface area contributed by atoms with Gasteiger partial charge >= 0.3 is 0 Å². The van der Waals surface area contributed by atoms with E-state index in [0.29, 0.717) is 25.7 Å². The molecular weight excluding hydrogens is 802 g/mol. The van der Waals surface area contributed by atoms with Crippen LogP contribution in [0.15, 0.2) is 0 Å². The first-order chi connectivity index (χ1) is 28.6. The fraction of sp³-hybridized carbons (Fsp3) is 0.929. The Labute approximate surface area is 357 Å². The van der Waals surface area contributed by atoms with Gasteiger partial charge in [-0.05, 0) is 111 Å². The predicted octanol–water partition coefficient (Wildman–Crippen LogP) is -3.92. The number of fused-ring (bicyclic) bond motifs is 5. The Morgan fingerprint density at radius 1 is 0.705 bits per heavy atom. The van der Waals surface area contributed by atoms with Gasteiger partial charge in [0.15, 0.2) is 12.2 Å². The van der Waals surface area contributed by atoms with Crippen molar-refractivity contribution in [1.29, 1.82) is 0 Å². The molecular formula is C42H75N3O16. The molecule has 4 rings (SSSR count). The standard InChI is InChI=1S/C42H75N3O16/c1-21(24-7-8-25-32-26(18-30(52)42(24,25)3)41(2)11-10-23(48)16-22(41)17-27(32)49)6-9-31(53)45(14-4-12-43-39(60)37(58)35(56)33(54)28(50)19-46)15-5-13-44-40(61)38(59)36(57)34(55)29(51)20-47/h21-30,32-38,46-52,54-59H,4-20H2,1-3H3,(H,43,60)(H,44,61)/t21-,22+,23-,24-,25-,26-,27-,28-,29-,30+,32+,33-,34-,35+,36+,37-,38-,41+,42-/m1/s1. The maximum atomic E-state index is 13.9. The summed E-state index contributed by atoms with van der Waals surface area (Å²) in [6, 6.07) is 0. The molecule has 354 valence electrons. The quantitative estimate of drug-likeness (QED) is 0.0462. The van der Waals surface area contributed by atoms with Crippen LogP contribution in [-0.2, 0) is 14.4 Å². The minimum Gasteiger partial charge on any atom is -0.394 e. The van der Waals surface area contributed by atoms with Crippen LogP contribution in [0.5, 0.6) is 0 Å². The molecule has 19 heteroatoms. The van der Waals surface area contributed by atoms with Crippen LogP contribution in [0.1, 0.15) is 91.4 Å². The summed E-state index contributed by atoms with van der Waals surface area (Å²) in [5.74, 6) is -1.73. The summed E-state index contributed by atoms with van der Waals surface area (Å²) in [5, 5.41) is 136. The molecule has 0 radical (unpaired) electrons. The van der Waals surface area contributed by atoms with Crippen LogP contribution < -0.4 is 10.6 Å². The molecule has 19 atom stereocenters. The van der Waals surface area contributed by atoms with Gasteiger partial charge in [0.05, 0.1) is 31.5 Å². The molecule has 4 aliphatic carbocycles. The first-order valence-corrected chi connectivity index (χ1v) is 22.2. The van der Waals surface area contributed by atoms with Crippen molar-refractivity contribution in [2.45, 2.75) is 159 Å². The molecule has 3 amide bonds. The van der Waals surface area contributed by atoms with Crippen molar-refractivity contribution in [3.05, 3.63) is 0 Å². The van der Waals surface area contributed by atoms with E-state index >= 15 is 0 Å². The molecule has 0 unspecified atom stereocenters. The summed E-state index contributed by atoms with van der Waals surface area (Å²) in [7, 11) is 0. The molecule has 61 heavy (non-hydrogen) atoms. The number of amides is 3. The highest BCUT2D eigenvalue weighted by Crippen LogP contribution is 2.68. The summed E-state index contributed by atoms with van der Waals surface area (Å²) < 4.78 is 0. The number of aliphatic hydroxyl groups excluding tert-OH is 13. The normalized spacial score (nSPS) is 35.5. The highest BCUT2D eigenvalue weighted by molar-refractivity contribution is 5.81. The molecule has 4 saturated carbocycles. The average molecular weight is 878 g/mol. The monoisotopic (exact) mass is 878 g/mol. The Morgan fingerprint density at radius 3 is 1.74 bits per heavy atom. The van der Waals surface area contributed by atoms with Gasteiger partial charge in [0.1, 0.15) is 36.6 Å². The number of nitrogens with zero attached hydrogens (tertiary/aromatic N) is 1.